The zero-order valence-corrected chi connectivity index (χ0v) is 11.2. The summed E-state index contributed by atoms with van der Waals surface area (Å²) in [6.07, 6.45) is 1.68. The molecule has 1 unspecified atom stereocenters. The van der Waals surface area contributed by atoms with Crippen molar-refractivity contribution in [2.75, 3.05) is 26.7 Å². The first-order valence-electron chi connectivity index (χ1n) is 6.57. The third-order valence-electron chi connectivity index (χ3n) is 3.65. The summed E-state index contributed by atoms with van der Waals surface area (Å²) < 4.78 is 5.35. The predicted molar refractivity (Wildman–Crippen MR) is 71.9 cm³/mol. The average Bonchev–Trinajstić information content (AvgIpc) is 2.40. The summed E-state index contributed by atoms with van der Waals surface area (Å²) >= 11 is 0. The van der Waals surface area contributed by atoms with Crippen LogP contribution in [0.1, 0.15) is 18.9 Å². The number of nitrogens with zero attached hydrogens (tertiary/aromatic N) is 1. The molecule has 0 radical (unpaired) electrons. The normalized spacial score (nSPS) is 21.0. The van der Waals surface area contributed by atoms with Crippen molar-refractivity contribution in [2.24, 2.45) is 5.92 Å². The zero-order chi connectivity index (χ0) is 13.0. The molecule has 1 aliphatic heterocycles. The fraction of sp³-hybridized carbons (Fsp3) is 0.533. The largest absolute Gasteiger partial charge is 0.496 e. The molecule has 1 aromatic carbocycles. The number of ether oxygens (including phenoxy) is 1. The molecule has 1 aliphatic rings. The van der Waals surface area contributed by atoms with Crippen molar-refractivity contribution in [3.8, 4) is 5.75 Å². The standard InChI is InChI=1S/C15H21NO2/c1-12-11-16(10-8-14(12)17)9-7-13-5-3-4-6-15(13)18-2/h3-6,12H,7-11H2,1-2H3. The number of likely N-dealkylation sites (tertiary alicyclic amines) is 1. The number of Topliss-reactive ketones (excluding diaryl/α,β-unsaturated/α-hetero) is 1. The third kappa shape index (κ3) is 3.10. The van der Waals surface area contributed by atoms with Crippen LogP contribution in [0.15, 0.2) is 24.3 Å². The first kappa shape index (κ1) is 13.1. The summed E-state index contributed by atoms with van der Waals surface area (Å²) in [7, 11) is 1.71. The molecule has 0 saturated carbocycles. The molecule has 1 atom stereocenters. The fourth-order valence-electron chi connectivity index (χ4n) is 2.49. The molecule has 18 heavy (non-hydrogen) atoms. The second kappa shape index (κ2) is 6.01. The van der Waals surface area contributed by atoms with Gasteiger partial charge < -0.3 is 9.64 Å². The van der Waals surface area contributed by atoms with Crippen molar-refractivity contribution in [3.05, 3.63) is 29.8 Å². The van der Waals surface area contributed by atoms with Gasteiger partial charge in [0.25, 0.3) is 0 Å². The van der Waals surface area contributed by atoms with E-state index in [1.165, 1.54) is 5.56 Å². The van der Waals surface area contributed by atoms with E-state index in [0.29, 0.717) is 12.2 Å². The van der Waals surface area contributed by atoms with Gasteiger partial charge in [-0.15, -0.1) is 0 Å². The van der Waals surface area contributed by atoms with Crippen molar-refractivity contribution < 1.29 is 9.53 Å². The summed E-state index contributed by atoms with van der Waals surface area (Å²) in [6, 6.07) is 8.14. The van der Waals surface area contributed by atoms with Crippen LogP contribution in [0.25, 0.3) is 0 Å². The molecule has 1 aromatic rings. The van der Waals surface area contributed by atoms with Gasteiger partial charge in [0, 0.05) is 32.0 Å². The number of carbonyl (C=O) groups is 1. The maximum atomic E-state index is 11.5. The number of ketones is 1. The van der Waals surface area contributed by atoms with Gasteiger partial charge in [-0.3, -0.25) is 4.79 Å². The molecule has 3 heteroatoms. The Kier molecular flexibility index (Phi) is 4.37. The summed E-state index contributed by atoms with van der Waals surface area (Å²) in [5, 5.41) is 0. The lowest BCUT2D eigenvalue weighted by molar-refractivity contribution is -0.125. The van der Waals surface area contributed by atoms with E-state index in [9.17, 15) is 4.79 Å². The number of benzene rings is 1. The molecule has 0 aromatic heterocycles. The smallest absolute Gasteiger partial charge is 0.138 e. The molecular formula is C15H21NO2. The Hall–Kier alpha value is -1.35. The van der Waals surface area contributed by atoms with Crippen LogP contribution in [-0.4, -0.2) is 37.4 Å². The number of methoxy groups -OCH3 is 1. The monoisotopic (exact) mass is 247 g/mol. The van der Waals surface area contributed by atoms with Crippen LogP contribution in [0.3, 0.4) is 0 Å². The van der Waals surface area contributed by atoms with Crippen molar-refractivity contribution in [1.29, 1.82) is 0 Å². The highest BCUT2D eigenvalue weighted by atomic mass is 16.5. The highest BCUT2D eigenvalue weighted by Gasteiger charge is 2.23. The van der Waals surface area contributed by atoms with Crippen molar-refractivity contribution in [3.63, 3.8) is 0 Å². The van der Waals surface area contributed by atoms with E-state index in [-0.39, 0.29) is 5.92 Å². The van der Waals surface area contributed by atoms with Crippen molar-refractivity contribution >= 4 is 5.78 Å². The van der Waals surface area contributed by atoms with Crippen molar-refractivity contribution in [2.45, 2.75) is 19.8 Å². The fourth-order valence-corrected chi connectivity index (χ4v) is 2.49. The summed E-state index contributed by atoms with van der Waals surface area (Å²) in [5.74, 6) is 1.55. The number of carbonyl (C=O) groups excluding carboxylic acids is 1. The number of rotatable bonds is 4. The Balaban J connectivity index is 1.90. The van der Waals surface area contributed by atoms with Crippen LogP contribution in [0.4, 0.5) is 0 Å². The average molecular weight is 247 g/mol. The van der Waals surface area contributed by atoms with E-state index >= 15 is 0 Å². The van der Waals surface area contributed by atoms with Crippen LogP contribution >= 0.6 is 0 Å². The van der Waals surface area contributed by atoms with Crippen LogP contribution in [0, 0.1) is 5.92 Å². The van der Waals surface area contributed by atoms with Gasteiger partial charge in [-0.1, -0.05) is 25.1 Å². The van der Waals surface area contributed by atoms with Crippen LogP contribution in [0.5, 0.6) is 5.75 Å². The molecule has 3 nitrogen and oxygen atoms in total. The minimum absolute atomic E-state index is 0.191. The Morgan fingerprint density at radius 1 is 1.39 bits per heavy atom. The zero-order valence-electron chi connectivity index (χ0n) is 11.2. The van der Waals surface area contributed by atoms with E-state index in [1.54, 1.807) is 7.11 Å². The van der Waals surface area contributed by atoms with E-state index in [0.717, 1.165) is 31.8 Å². The first-order valence-corrected chi connectivity index (χ1v) is 6.57. The maximum Gasteiger partial charge on any atom is 0.138 e. The lowest BCUT2D eigenvalue weighted by Crippen LogP contribution is -2.40. The molecule has 1 heterocycles. The van der Waals surface area contributed by atoms with E-state index in [4.69, 9.17) is 4.74 Å². The number of hydrogen-bond donors (Lipinski definition) is 0. The lowest BCUT2D eigenvalue weighted by atomic mass is 9.98. The molecule has 98 valence electrons. The molecule has 0 amide bonds. The Bertz CT molecular complexity index is 417. The van der Waals surface area contributed by atoms with Gasteiger partial charge >= 0.3 is 0 Å². The maximum absolute atomic E-state index is 11.5. The van der Waals surface area contributed by atoms with E-state index in [1.807, 2.05) is 25.1 Å². The van der Waals surface area contributed by atoms with Gasteiger partial charge in [-0.25, -0.2) is 0 Å². The van der Waals surface area contributed by atoms with Gasteiger partial charge in [0.05, 0.1) is 7.11 Å². The summed E-state index contributed by atoms with van der Waals surface area (Å²) in [5.41, 5.74) is 1.24. The van der Waals surface area contributed by atoms with E-state index < -0.39 is 0 Å². The number of para-hydroxylation sites is 1. The quantitative estimate of drug-likeness (QED) is 0.816. The SMILES string of the molecule is COc1ccccc1CCN1CCC(=O)C(C)C1. The molecule has 0 aliphatic carbocycles. The number of hydrogen-bond acceptors (Lipinski definition) is 3. The Labute approximate surface area is 109 Å². The lowest BCUT2D eigenvalue weighted by Gasteiger charge is -2.30. The number of piperidine rings is 1. The van der Waals surface area contributed by atoms with Gasteiger partial charge in [0.2, 0.25) is 0 Å². The molecule has 1 saturated heterocycles. The molecule has 1 fully saturated rings. The molecule has 0 N–H and O–H groups in total. The van der Waals surface area contributed by atoms with E-state index in [2.05, 4.69) is 11.0 Å². The molecule has 0 spiro atoms. The summed E-state index contributed by atoms with van der Waals surface area (Å²) in [4.78, 5) is 13.8. The van der Waals surface area contributed by atoms with Crippen LogP contribution in [-0.2, 0) is 11.2 Å². The second-order valence-corrected chi connectivity index (χ2v) is 4.98. The van der Waals surface area contributed by atoms with Gasteiger partial charge in [-0.2, -0.15) is 0 Å². The van der Waals surface area contributed by atoms with Crippen LogP contribution in [0.2, 0.25) is 0 Å². The Morgan fingerprint density at radius 2 is 2.17 bits per heavy atom. The van der Waals surface area contributed by atoms with Crippen molar-refractivity contribution in [1.82, 2.24) is 4.90 Å². The van der Waals surface area contributed by atoms with Gasteiger partial charge in [0.15, 0.2) is 0 Å². The third-order valence-corrected chi connectivity index (χ3v) is 3.65. The topological polar surface area (TPSA) is 29.5 Å². The highest BCUT2D eigenvalue weighted by molar-refractivity contribution is 5.81. The van der Waals surface area contributed by atoms with Gasteiger partial charge in [-0.05, 0) is 18.1 Å². The molecule has 0 bridgehead atoms. The summed E-state index contributed by atoms with van der Waals surface area (Å²) in [6.45, 7) is 4.82. The van der Waals surface area contributed by atoms with Gasteiger partial charge in [0.1, 0.15) is 11.5 Å². The minimum Gasteiger partial charge on any atom is -0.496 e. The molecular weight excluding hydrogens is 226 g/mol. The second-order valence-electron chi connectivity index (χ2n) is 4.98. The Morgan fingerprint density at radius 3 is 2.89 bits per heavy atom. The highest BCUT2D eigenvalue weighted by Crippen LogP contribution is 2.19. The minimum atomic E-state index is 0.191. The van der Waals surface area contributed by atoms with Crippen LogP contribution < -0.4 is 4.74 Å². The predicted octanol–water partition coefficient (Wildman–Crippen LogP) is 2.15. The molecule has 2 rings (SSSR count). The first-order chi connectivity index (χ1) is 8.70.